The molecule has 0 spiro atoms. The molecule has 0 atom stereocenters. The molecule has 0 aliphatic heterocycles. The van der Waals surface area contributed by atoms with Gasteiger partial charge in [0.2, 0.25) is 4.96 Å². The zero-order valence-corrected chi connectivity index (χ0v) is 15.5. The number of aryl methyl sites for hydroxylation is 1. The largest absolute Gasteiger partial charge is 0.466 e. The number of fused-ring (bicyclic) bond motifs is 1. The summed E-state index contributed by atoms with van der Waals surface area (Å²) in [6, 6.07) is 1.46. The molecule has 0 bridgehead atoms. The second kappa shape index (κ2) is 7.41. The number of thiazole rings is 1. The number of hydrogen-bond donors (Lipinski definition) is 0. The van der Waals surface area contributed by atoms with E-state index in [1.54, 1.807) is 13.8 Å². The monoisotopic (exact) mass is 382 g/mol. The van der Waals surface area contributed by atoms with Crippen LogP contribution >= 0.6 is 34.4 Å². The van der Waals surface area contributed by atoms with Crippen LogP contribution in [0.3, 0.4) is 0 Å². The lowest BCUT2D eigenvalue weighted by atomic mass is 10.3. The number of carbonyl (C=O) groups is 1. The van der Waals surface area contributed by atoms with Crippen molar-refractivity contribution in [3.63, 3.8) is 0 Å². The van der Waals surface area contributed by atoms with Crippen molar-refractivity contribution in [2.24, 2.45) is 0 Å². The van der Waals surface area contributed by atoms with E-state index in [9.17, 15) is 9.59 Å². The van der Waals surface area contributed by atoms with Gasteiger partial charge in [0.1, 0.15) is 5.01 Å². The Balaban J connectivity index is 1.66. The second-order valence-corrected chi connectivity index (χ2v) is 7.92. The molecule has 0 aromatic carbocycles. The predicted molar refractivity (Wildman–Crippen MR) is 93.9 cm³/mol. The highest BCUT2D eigenvalue weighted by Gasteiger charge is 2.11. The first-order valence-electron chi connectivity index (χ1n) is 7.14. The van der Waals surface area contributed by atoms with Gasteiger partial charge in [-0.1, -0.05) is 23.1 Å². The van der Waals surface area contributed by atoms with Crippen molar-refractivity contribution in [1.29, 1.82) is 0 Å². The summed E-state index contributed by atoms with van der Waals surface area (Å²) in [4.78, 5) is 32.6. The summed E-state index contributed by atoms with van der Waals surface area (Å²) in [5.74, 6) is 0.324. The SMILES string of the molecule is CCOC(=O)Cc1csc(SCc2nn3c(=O)cc(C)nc3s2)n1. The quantitative estimate of drug-likeness (QED) is 0.477. The highest BCUT2D eigenvalue weighted by atomic mass is 32.2. The molecule has 3 heterocycles. The summed E-state index contributed by atoms with van der Waals surface area (Å²) < 4.78 is 7.08. The van der Waals surface area contributed by atoms with Crippen LogP contribution in [-0.2, 0) is 21.7 Å². The molecule has 0 saturated heterocycles. The molecule has 3 aromatic rings. The van der Waals surface area contributed by atoms with E-state index in [2.05, 4.69) is 15.1 Å². The number of rotatable bonds is 6. The second-order valence-electron chi connectivity index (χ2n) is 4.80. The summed E-state index contributed by atoms with van der Waals surface area (Å²) in [5, 5.41) is 6.95. The van der Waals surface area contributed by atoms with Crippen LogP contribution in [0.25, 0.3) is 4.96 Å². The van der Waals surface area contributed by atoms with E-state index in [1.165, 1.54) is 45.0 Å². The lowest BCUT2D eigenvalue weighted by Crippen LogP contribution is -2.14. The van der Waals surface area contributed by atoms with Crippen LogP contribution in [0.1, 0.15) is 23.3 Å². The van der Waals surface area contributed by atoms with Crippen molar-refractivity contribution < 1.29 is 9.53 Å². The van der Waals surface area contributed by atoms with Gasteiger partial charge in [0.15, 0.2) is 4.34 Å². The predicted octanol–water partition coefficient (Wildman–Crippen LogP) is 2.31. The van der Waals surface area contributed by atoms with Crippen LogP contribution in [0.15, 0.2) is 20.6 Å². The molecular weight excluding hydrogens is 368 g/mol. The Bertz CT molecular complexity index is 931. The van der Waals surface area contributed by atoms with Crippen molar-refractivity contribution in [1.82, 2.24) is 19.6 Å². The molecule has 7 nitrogen and oxygen atoms in total. The molecule has 0 radical (unpaired) electrons. The van der Waals surface area contributed by atoms with E-state index in [0.29, 0.717) is 28.7 Å². The maximum absolute atomic E-state index is 11.9. The van der Waals surface area contributed by atoms with E-state index in [1.807, 2.05) is 5.38 Å². The minimum Gasteiger partial charge on any atom is -0.466 e. The van der Waals surface area contributed by atoms with Crippen LogP contribution in [0, 0.1) is 6.92 Å². The summed E-state index contributed by atoms with van der Waals surface area (Å²) in [6.07, 6.45) is 0.185. The first kappa shape index (κ1) is 17.1. The smallest absolute Gasteiger partial charge is 0.311 e. The summed E-state index contributed by atoms with van der Waals surface area (Å²) >= 11 is 4.39. The molecule has 3 aromatic heterocycles. The average Bonchev–Trinajstić information content (AvgIpc) is 3.12. The molecule has 24 heavy (non-hydrogen) atoms. The zero-order valence-electron chi connectivity index (χ0n) is 13.0. The van der Waals surface area contributed by atoms with Crippen LogP contribution in [0.5, 0.6) is 0 Å². The van der Waals surface area contributed by atoms with Crippen molar-refractivity contribution in [2.75, 3.05) is 6.61 Å². The van der Waals surface area contributed by atoms with Crippen LogP contribution < -0.4 is 5.56 Å². The summed E-state index contributed by atoms with van der Waals surface area (Å²) in [7, 11) is 0. The van der Waals surface area contributed by atoms with Gasteiger partial charge in [-0.2, -0.15) is 9.61 Å². The van der Waals surface area contributed by atoms with Crippen molar-refractivity contribution in [3.05, 3.63) is 38.2 Å². The number of esters is 1. The molecule has 3 rings (SSSR count). The van der Waals surface area contributed by atoms with Gasteiger partial charge in [0, 0.05) is 17.1 Å². The Kier molecular flexibility index (Phi) is 5.27. The normalized spacial score (nSPS) is 11.1. The van der Waals surface area contributed by atoms with Gasteiger partial charge in [-0.3, -0.25) is 9.59 Å². The van der Waals surface area contributed by atoms with Gasteiger partial charge in [0.25, 0.3) is 5.56 Å². The third-order valence-corrected chi connectivity index (χ3v) is 6.07. The van der Waals surface area contributed by atoms with Crippen molar-refractivity contribution in [2.45, 2.75) is 30.4 Å². The fourth-order valence-corrected chi connectivity index (χ4v) is 4.71. The Hall–Kier alpha value is -1.78. The van der Waals surface area contributed by atoms with Crippen LogP contribution in [-0.4, -0.2) is 32.2 Å². The first-order chi connectivity index (χ1) is 11.5. The first-order valence-corrected chi connectivity index (χ1v) is 9.82. The fraction of sp³-hybridized carbons (Fsp3) is 0.357. The minimum atomic E-state index is -0.272. The number of ether oxygens (including phenoxy) is 1. The average molecular weight is 382 g/mol. The molecule has 0 fully saturated rings. The van der Waals surface area contributed by atoms with Gasteiger partial charge in [-0.05, 0) is 13.8 Å². The molecule has 10 heteroatoms. The molecule has 0 saturated carbocycles. The van der Waals surface area contributed by atoms with Gasteiger partial charge < -0.3 is 4.74 Å². The van der Waals surface area contributed by atoms with E-state index in [0.717, 1.165) is 9.35 Å². The molecule has 0 amide bonds. The lowest BCUT2D eigenvalue weighted by molar-refractivity contribution is -0.142. The number of hydrogen-bond acceptors (Lipinski definition) is 9. The number of carbonyl (C=O) groups excluding carboxylic acids is 1. The highest BCUT2D eigenvalue weighted by molar-refractivity contribution is 8.00. The van der Waals surface area contributed by atoms with Gasteiger partial charge in [-0.25, -0.2) is 9.97 Å². The van der Waals surface area contributed by atoms with Gasteiger partial charge >= 0.3 is 5.97 Å². The third-order valence-electron chi connectivity index (χ3n) is 2.90. The number of aromatic nitrogens is 4. The summed E-state index contributed by atoms with van der Waals surface area (Å²) in [5.41, 5.74) is 1.22. The van der Waals surface area contributed by atoms with Crippen LogP contribution in [0.4, 0.5) is 0 Å². The Morgan fingerprint density at radius 1 is 1.42 bits per heavy atom. The number of nitrogens with zero attached hydrogens (tertiary/aromatic N) is 4. The van der Waals surface area contributed by atoms with Crippen molar-refractivity contribution in [3.8, 4) is 0 Å². The minimum absolute atomic E-state index is 0.170. The summed E-state index contributed by atoms with van der Waals surface area (Å²) in [6.45, 7) is 3.94. The maximum Gasteiger partial charge on any atom is 0.311 e. The molecule has 126 valence electrons. The Morgan fingerprint density at radius 2 is 2.25 bits per heavy atom. The van der Waals surface area contributed by atoms with Gasteiger partial charge in [0.05, 0.1) is 24.5 Å². The Morgan fingerprint density at radius 3 is 3.04 bits per heavy atom. The molecule has 0 aliphatic carbocycles. The fourth-order valence-electron chi connectivity index (χ4n) is 1.94. The van der Waals surface area contributed by atoms with Crippen molar-refractivity contribution >= 4 is 45.4 Å². The molecule has 0 N–H and O–H groups in total. The lowest BCUT2D eigenvalue weighted by Gasteiger charge is -1.97. The number of thioether (sulfide) groups is 1. The zero-order chi connectivity index (χ0) is 17.1. The maximum atomic E-state index is 11.9. The van der Waals surface area contributed by atoms with E-state index in [-0.39, 0.29) is 17.9 Å². The van der Waals surface area contributed by atoms with Gasteiger partial charge in [-0.15, -0.1) is 11.3 Å². The highest BCUT2D eigenvalue weighted by Crippen LogP contribution is 2.27. The topological polar surface area (TPSA) is 86.5 Å². The van der Waals surface area contributed by atoms with E-state index in [4.69, 9.17) is 4.74 Å². The molecular formula is C14H14N4O3S3. The molecule has 0 unspecified atom stereocenters. The van der Waals surface area contributed by atoms with E-state index >= 15 is 0 Å². The Labute approximate surface area is 149 Å². The van der Waals surface area contributed by atoms with Crippen LogP contribution in [0.2, 0.25) is 0 Å². The standard InChI is InChI=1S/C14H14N4O3S3/c1-3-21-12(20)5-9-6-22-14(16-9)23-7-10-17-18-11(19)4-8(2)15-13(18)24-10/h4,6H,3,5,7H2,1-2H3. The third kappa shape index (κ3) is 4.00. The molecule has 0 aliphatic rings. The van der Waals surface area contributed by atoms with E-state index < -0.39 is 0 Å².